The van der Waals surface area contributed by atoms with Crippen molar-refractivity contribution in [2.24, 2.45) is 0 Å². The molecule has 0 aliphatic rings. The van der Waals surface area contributed by atoms with Gasteiger partial charge in [0.1, 0.15) is 5.69 Å². The minimum Gasteiger partial charge on any atom is -0.330 e. The number of aromatic nitrogens is 3. The predicted octanol–water partition coefficient (Wildman–Crippen LogP) is 4.97. The molecule has 0 aliphatic carbocycles. The minimum absolute atomic E-state index is 0.253. The van der Waals surface area contributed by atoms with Crippen LogP contribution in [0.2, 0.25) is 0 Å². The molecule has 2 N–H and O–H groups in total. The van der Waals surface area contributed by atoms with Crippen LogP contribution in [0.3, 0.4) is 0 Å². The summed E-state index contributed by atoms with van der Waals surface area (Å²) in [6.07, 6.45) is 3.40. The van der Waals surface area contributed by atoms with Gasteiger partial charge >= 0.3 is 0 Å². The Morgan fingerprint density at radius 3 is 2.70 bits per heavy atom. The van der Waals surface area contributed by atoms with Crippen molar-refractivity contribution in [1.82, 2.24) is 15.0 Å². The highest BCUT2D eigenvalue weighted by Gasteiger charge is 2.12. The van der Waals surface area contributed by atoms with Gasteiger partial charge < -0.3 is 10.6 Å². The van der Waals surface area contributed by atoms with Gasteiger partial charge in [-0.05, 0) is 31.2 Å². The molecule has 0 bridgehead atoms. The van der Waals surface area contributed by atoms with Gasteiger partial charge in [0, 0.05) is 28.2 Å². The SMILES string of the molecule is Cc1nc(-c2cccc(NC(=O)c3csc(Nc4cccnc4)n3)c2)cs1. The van der Waals surface area contributed by atoms with E-state index in [2.05, 4.69) is 25.6 Å². The first-order chi connectivity index (χ1) is 13.2. The molecule has 0 aliphatic heterocycles. The van der Waals surface area contributed by atoms with E-state index >= 15 is 0 Å². The number of nitrogens with zero attached hydrogens (tertiary/aromatic N) is 3. The topological polar surface area (TPSA) is 79.8 Å². The van der Waals surface area contributed by atoms with E-state index in [9.17, 15) is 4.79 Å². The number of pyridine rings is 1. The van der Waals surface area contributed by atoms with Crippen LogP contribution < -0.4 is 10.6 Å². The van der Waals surface area contributed by atoms with Gasteiger partial charge in [0.05, 0.1) is 22.6 Å². The molecule has 0 fully saturated rings. The Kier molecular flexibility index (Phi) is 4.91. The maximum atomic E-state index is 12.5. The average molecular weight is 393 g/mol. The molecule has 0 radical (unpaired) electrons. The molecule has 0 spiro atoms. The highest BCUT2D eigenvalue weighted by atomic mass is 32.1. The van der Waals surface area contributed by atoms with Gasteiger partial charge in [0.25, 0.3) is 5.91 Å². The van der Waals surface area contributed by atoms with E-state index < -0.39 is 0 Å². The summed E-state index contributed by atoms with van der Waals surface area (Å²) in [7, 11) is 0. The van der Waals surface area contributed by atoms with Gasteiger partial charge in [-0.3, -0.25) is 9.78 Å². The summed E-state index contributed by atoms with van der Waals surface area (Å²) in [5.41, 5.74) is 3.77. The van der Waals surface area contributed by atoms with Crippen molar-refractivity contribution in [3.8, 4) is 11.3 Å². The van der Waals surface area contributed by atoms with Crippen molar-refractivity contribution in [2.45, 2.75) is 6.92 Å². The van der Waals surface area contributed by atoms with Gasteiger partial charge in [-0.25, -0.2) is 9.97 Å². The van der Waals surface area contributed by atoms with Crippen LogP contribution in [0, 0.1) is 6.92 Å². The maximum Gasteiger partial charge on any atom is 0.275 e. The van der Waals surface area contributed by atoms with Gasteiger partial charge in [0.2, 0.25) is 0 Å². The Bertz CT molecular complexity index is 1070. The largest absolute Gasteiger partial charge is 0.330 e. The van der Waals surface area contributed by atoms with Crippen molar-refractivity contribution in [3.05, 3.63) is 70.3 Å². The number of nitrogens with one attached hydrogen (secondary N) is 2. The van der Waals surface area contributed by atoms with Crippen molar-refractivity contribution in [2.75, 3.05) is 10.6 Å². The Morgan fingerprint density at radius 1 is 1.04 bits per heavy atom. The first kappa shape index (κ1) is 17.3. The predicted molar refractivity (Wildman–Crippen MR) is 110 cm³/mol. The number of anilines is 3. The fourth-order valence-electron chi connectivity index (χ4n) is 2.44. The zero-order valence-corrected chi connectivity index (χ0v) is 16.0. The number of benzene rings is 1. The Hall–Kier alpha value is -3.10. The van der Waals surface area contributed by atoms with E-state index in [4.69, 9.17) is 0 Å². The fraction of sp³-hybridized carbons (Fsp3) is 0.0526. The van der Waals surface area contributed by atoms with Crippen LogP contribution in [-0.4, -0.2) is 20.9 Å². The normalized spacial score (nSPS) is 10.6. The zero-order chi connectivity index (χ0) is 18.6. The molecule has 1 amide bonds. The van der Waals surface area contributed by atoms with Gasteiger partial charge in [-0.2, -0.15) is 0 Å². The lowest BCUT2D eigenvalue weighted by Gasteiger charge is -2.05. The summed E-state index contributed by atoms with van der Waals surface area (Å²) in [6.45, 7) is 1.97. The molecule has 134 valence electrons. The third kappa shape index (κ3) is 4.18. The second-order valence-corrected chi connectivity index (χ2v) is 7.61. The molecule has 0 unspecified atom stereocenters. The summed E-state index contributed by atoms with van der Waals surface area (Å²) in [4.78, 5) is 25.4. The van der Waals surface area contributed by atoms with Crippen LogP contribution in [-0.2, 0) is 0 Å². The standard InChI is InChI=1S/C19H15N5OS2/c1-12-21-16(10-26-12)13-4-2-5-14(8-13)22-18(25)17-11-27-19(24-17)23-15-6-3-7-20-9-15/h2-11H,1H3,(H,22,25)(H,23,24). The molecule has 1 aromatic carbocycles. The average Bonchev–Trinajstić information content (AvgIpc) is 3.32. The first-order valence-corrected chi connectivity index (χ1v) is 9.90. The lowest BCUT2D eigenvalue weighted by molar-refractivity contribution is 0.102. The lowest BCUT2D eigenvalue weighted by Crippen LogP contribution is -2.12. The van der Waals surface area contributed by atoms with E-state index in [1.165, 1.54) is 11.3 Å². The highest BCUT2D eigenvalue weighted by molar-refractivity contribution is 7.14. The Balaban J connectivity index is 1.46. The third-order valence-corrected chi connectivity index (χ3v) is 5.22. The van der Waals surface area contributed by atoms with E-state index in [1.54, 1.807) is 29.1 Å². The molecule has 3 heterocycles. The Labute approximate surface area is 164 Å². The van der Waals surface area contributed by atoms with Crippen LogP contribution in [0.1, 0.15) is 15.5 Å². The molecule has 0 atom stereocenters. The molecule has 6 nitrogen and oxygen atoms in total. The number of aryl methyl sites for hydroxylation is 1. The zero-order valence-electron chi connectivity index (χ0n) is 14.3. The maximum absolute atomic E-state index is 12.5. The van der Waals surface area contributed by atoms with Crippen LogP contribution in [0.5, 0.6) is 0 Å². The molecule has 3 aromatic heterocycles. The number of rotatable bonds is 5. The molecule has 27 heavy (non-hydrogen) atoms. The molecule has 8 heteroatoms. The number of thiazole rings is 2. The number of amides is 1. The summed E-state index contributed by atoms with van der Waals surface area (Å²) >= 11 is 2.97. The van der Waals surface area contributed by atoms with E-state index in [0.29, 0.717) is 16.5 Å². The number of carbonyl (C=O) groups is 1. The summed E-state index contributed by atoms with van der Waals surface area (Å²) in [5, 5.41) is 11.4. The van der Waals surface area contributed by atoms with Crippen LogP contribution in [0.25, 0.3) is 11.3 Å². The van der Waals surface area contributed by atoms with E-state index in [1.807, 2.05) is 48.7 Å². The Morgan fingerprint density at radius 2 is 1.93 bits per heavy atom. The number of hydrogen-bond acceptors (Lipinski definition) is 7. The monoisotopic (exact) mass is 393 g/mol. The van der Waals surface area contributed by atoms with Gasteiger partial charge in [-0.1, -0.05) is 12.1 Å². The molecular formula is C19H15N5OS2. The molecule has 4 aromatic rings. The number of carbonyl (C=O) groups excluding carboxylic acids is 1. The number of hydrogen-bond donors (Lipinski definition) is 2. The van der Waals surface area contributed by atoms with Crippen molar-refractivity contribution in [1.29, 1.82) is 0 Å². The first-order valence-electron chi connectivity index (χ1n) is 8.14. The molecule has 0 saturated heterocycles. The van der Waals surface area contributed by atoms with Crippen LogP contribution >= 0.6 is 22.7 Å². The van der Waals surface area contributed by atoms with Gasteiger partial charge in [0.15, 0.2) is 5.13 Å². The fourth-order valence-corrected chi connectivity index (χ4v) is 3.78. The highest BCUT2D eigenvalue weighted by Crippen LogP contribution is 2.25. The van der Waals surface area contributed by atoms with E-state index in [0.717, 1.165) is 22.0 Å². The molecule has 4 rings (SSSR count). The minimum atomic E-state index is -0.253. The van der Waals surface area contributed by atoms with Crippen molar-refractivity contribution < 1.29 is 4.79 Å². The second-order valence-electron chi connectivity index (χ2n) is 5.69. The lowest BCUT2D eigenvalue weighted by atomic mass is 10.1. The van der Waals surface area contributed by atoms with E-state index in [-0.39, 0.29) is 5.91 Å². The smallest absolute Gasteiger partial charge is 0.275 e. The second kappa shape index (κ2) is 7.65. The van der Waals surface area contributed by atoms with Crippen LogP contribution in [0.15, 0.2) is 59.6 Å². The van der Waals surface area contributed by atoms with Crippen molar-refractivity contribution >= 4 is 45.1 Å². The quantitative estimate of drug-likeness (QED) is 0.501. The summed E-state index contributed by atoms with van der Waals surface area (Å²) in [5.74, 6) is -0.253. The van der Waals surface area contributed by atoms with Gasteiger partial charge in [-0.15, -0.1) is 22.7 Å². The summed E-state index contributed by atoms with van der Waals surface area (Å²) < 4.78 is 0. The summed E-state index contributed by atoms with van der Waals surface area (Å²) in [6, 6.07) is 11.4. The third-order valence-electron chi connectivity index (χ3n) is 3.68. The molecular weight excluding hydrogens is 378 g/mol. The molecule has 0 saturated carbocycles. The van der Waals surface area contributed by atoms with Crippen LogP contribution in [0.4, 0.5) is 16.5 Å². The van der Waals surface area contributed by atoms with Crippen molar-refractivity contribution in [3.63, 3.8) is 0 Å².